The number of nitrogens with one attached hydrogen (secondary N) is 1. The van der Waals surface area contributed by atoms with Crippen LogP contribution < -0.4 is 15.6 Å². The van der Waals surface area contributed by atoms with E-state index in [4.69, 9.17) is 4.74 Å². The number of nitrogens with zero attached hydrogens (tertiary/aromatic N) is 1. The Morgan fingerprint density at radius 1 is 1.09 bits per heavy atom. The van der Waals surface area contributed by atoms with Crippen LogP contribution in [0.25, 0.3) is 11.1 Å². The molecule has 0 aliphatic heterocycles. The van der Waals surface area contributed by atoms with Crippen LogP contribution in [0.4, 0.5) is 10.1 Å². The molecular formula is C27H27FN2O3. The molecule has 1 amide bonds. The molecule has 170 valence electrons. The molecule has 5 nitrogen and oxygen atoms in total. The van der Waals surface area contributed by atoms with E-state index in [0.29, 0.717) is 28.3 Å². The number of pyridine rings is 1. The Morgan fingerprint density at radius 3 is 2.42 bits per heavy atom. The molecule has 0 bridgehead atoms. The quantitative estimate of drug-likeness (QED) is 0.519. The number of halogens is 1. The van der Waals surface area contributed by atoms with Crippen LogP contribution in [0.5, 0.6) is 11.5 Å². The van der Waals surface area contributed by atoms with Gasteiger partial charge in [-0.3, -0.25) is 9.59 Å². The largest absolute Gasteiger partial charge is 0.456 e. The zero-order valence-electron chi connectivity index (χ0n) is 19.1. The van der Waals surface area contributed by atoms with E-state index in [1.807, 2.05) is 12.3 Å². The van der Waals surface area contributed by atoms with E-state index in [1.165, 1.54) is 18.2 Å². The molecule has 0 fully saturated rings. The van der Waals surface area contributed by atoms with Crippen molar-refractivity contribution in [3.63, 3.8) is 0 Å². The van der Waals surface area contributed by atoms with E-state index in [1.54, 1.807) is 37.6 Å². The van der Waals surface area contributed by atoms with Gasteiger partial charge in [0, 0.05) is 35.6 Å². The molecule has 1 aliphatic carbocycles. The van der Waals surface area contributed by atoms with Crippen LogP contribution in [0.2, 0.25) is 0 Å². The van der Waals surface area contributed by atoms with Crippen molar-refractivity contribution in [2.24, 2.45) is 7.05 Å². The molecule has 0 atom stereocenters. The fraction of sp³-hybridized carbons (Fsp3) is 0.259. The topological polar surface area (TPSA) is 60.3 Å². The van der Waals surface area contributed by atoms with Crippen LogP contribution in [0.1, 0.15) is 35.1 Å². The van der Waals surface area contributed by atoms with Crippen LogP contribution in [0, 0.1) is 19.7 Å². The van der Waals surface area contributed by atoms with Crippen LogP contribution in [-0.2, 0) is 24.7 Å². The normalized spacial score (nSPS) is 12.7. The summed E-state index contributed by atoms with van der Waals surface area (Å²) in [5.41, 5.74) is 5.50. The van der Waals surface area contributed by atoms with E-state index in [0.717, 1.165) is 47.9 Å². The van der Waals surface area contributed by atoms with Gasteiger partial charge in [-0.2, -0.15) is 0 Å². The molecule has 1 aromatic heterocycles. The van der Waals surface area contributed by atoms with Crippen molar-refractivity contribution in [1.29, 1.82) is 0 Å². The zero-order valence-corrected chi connectivity index (χ0v) is 19.1. The maximum Gasteiger partial charge on any atom is 0.253 e. The number of benzene rings is 2. The summed E-state index contributed by atoms with van der Waals surface area (Å²) in [7, 11) is 1.75. The van der Waals surface area contributed by atoms with Gasteiger partial charge in [0.1, 0.15) is 17.3 Å². The number of rotatable bonds is 5. The highest BCUT2D eigenvalue weighted by atomic mass is 19.1. The summed E-state index contributed by atoms with van der Waals surface area (Å²) in [5, 5.41) is 2.80. The molecule has 1 aliphatic rings. The average Bonchev–Trinajstić information content (AvgIpc) is 2.79. The van der Waals surface area contributed by atoms with E-state index in [-0.39, 0.29) is 17.3 Å². The lowest BCUT2D eigenvalue weighted by atomic mass is 9.87. The first kappa shape index (κ1) is 22.5. The van der Waals surface area contributed by atoms with Crippen LogP contribution in [0.3, 0.4) is 0 Å². The predicted octanol–water partition coefficient (Wildman–Crippen LogP) is 5.60. The molecule has 0 saturated heterocycles. The third kappa shape index (κ3) is 4.46. The van der Waals surface area contributed by atoms with Crippen molar-refractivity contribution < 1.29 is 13.9 Å². The first-order valence-electron chi connectivity index (χ1n) is 11.0. The fourth-order valence-corrected chi connectivity index (χ4v) is 4.48. The second-order valence-electron chi connectivity index (χ2n) is 8.50. The van der Waals surface area contributed by atoms with Gasteiger partial charge in [-0.15, -0.1) is 0 Å². The minimum absolute atomic E-state index is 0.0252. The maximum absolute atomic E-state index is 13.8. The summed E-state index contributed by atoms with van der Waals surface area (Å²) < 4.78 is 21.8. The number of hydrogen-bond acceptors (Lipinski definition) is 3. The van der Waals surface area contributed by atoms with Crippen molar-refractivity contribution >= 4 is 11.6 Å². The van der Waals surface area contributed by atoms with Crippen LogP contribution in [0.15, 0.2) is 54.0 Å². The molecule has 3 aromatic rings. The van der Waals surface area contributed by atoms with Gasteiger partial charge in [-0.05, 0) is 92.6 Å². The Hall–Kier alpha value is -3.67. The van der Waals surface area contributed by atoms with Gasteiger partial charge in [0.05, 0.1) is 0 Å². The van der Waals surface area contributed by atoms with Gasteiger partial charge in [-0.25, -0.2) is 4.39 Å². The number of aryl methyl sites for hydroxylation is 3. The lowest BCUT2D eigenvalue weighted by Crippen LogP contribution is -2.25. The first-order chi connectivity index (χ1) is 15.8. The van der Waals surface area contributed by atoms with Crippen molar-refractivity contribution in [2.75, 3.05) is 5.32 Å². The average molecular weight is 447 g/mol. The number of ether oxygens (including phenoxy) is 1. The van der Waals surface area contributed by atoms with Crippen LogP contribution >= 0.6 is 0 Å². The summed E-state index contributed by atoms with van der Waals surface area (Å²) in [5.74, 6) is 0.518. The number of aromatic nitrogens is 1. The number of fused-ring (bicyclic) bond motifs is 1. The third-order valence-electron chi connectivity index (χ3n) is 6.05. The molecule has 6 heteroatoms. The lowest BCUT2D eigenvalue weighted by molar-refractivity contribution is -0.111. The maximum atomic E-state index is 13.8. The Labute approximate surface area is 192 Å². The molecule has 0 saturated carbocycles. The number of anilines is 1. The number of carbonyl (C=O) groups excluding carboxylic acids is 1. The second-order valence-corrected chi connectivity index (χ2v) is 8.50. The Bertz CT molecular complexity index is 1300. The van der Waals surface area contributed by atoms with Gasteiger partial charge in [0.2, 0.25) is 5.91 Å². The number of amides is 1. The second kappa shape index (κ2) is 9.06. The van der Waals surface area contributed by atoms with E-state index >= 15 is 0 Å². The fourth-order valence-electron chi connectivity index (χ4n) is 4.48. The van der Waals surface area contributed by atoms with Crippen molar-refractivity contribution in [1.82, 2.24) is 4.57 Å². The Kier molecular flexibility index (Phi) is 6.18. The minimum Gasteiger partial charge on any atom is -0.456 e. The van der Waals surface area contributed by atoms with Crippen LogP contribution in [-0.4, -0.2) is 10.5 Å². The molecule has 0 unspecified atom stereocenters. The van der Waals surface area contributed by atoms with E-state index in [9.17, 15) is 14.0 Å². The summed E-state index contributed by atoms with van der Waals surface area (Å²) in [6, 6.07) is 8.27. The first-order valence-corrected chi connectivity index (χ1v) is 11.0. The van der Waals surface area contributed by atoms with Gasteiger partial charge >= 0.3 is 0 Å². The SMILES string of the molecule is C=CC(=O)Nc1ccc(Oc2c(C)cc(F)cc2C)c(-c2cn(C)c(=O)c3c2CCCC3)c1. The van der Waals surface area contributed by atoms with Gasteiger partial charge in [0.25, 0.3) is 5.56 Å². The van der Waals surface area contributed by atoms with Gasteiger partial charge < -0.3 is 14.6 Å². The lowest BCUT2D eigenvalue weighted by Gasteiger charge is -2.23. The molecule has 2 aromatic carbocycles. The highest BCUT2D eigenvalue weighted by molar-refractivity contribution is 5.99. The molecular weight excluding hydrogens is 419 g/mol. The van der Waals surface area contributed by atoms with Gasteiger partial charge in [-0.1, -0.05) is 6.58 Å². The predicted molar refractivity (Wildman–Crippen MR) is 129 cm³/mol. The Balaban J connectivity index is 1.92. The monoisotopic (exact) mass is 446 g/mol. The molecule has 0 spiro atoms. The highest BCUT2D eigenvalue weighted by Gasteiger charge is 2.22. The molecule has 4 rings (SSSR count). The smallest absolute Gasteiger partial charge is 0.253 e. The third-order valence-corrected chi connectivity index (χ3v) is 6.05. The van der Waals surface area contributed by atoms with Crippen molar-refractivity contribution in [3.05, 3.63) is 87.6 Å². The molecule has 0 radical (unpaired) electrons. The minimum atomic E-state index is -0.317. The summed E-state index contributed by atoms with van der Waals surface area (Å²) in [4.78, 5) is 24.7. The number of carbonyl (C=O) groups is 1. The van der Waals surface area contributed by atoms with Crippen molar-refractivity contribution in [2.45, 2.75) is 39.5 Å². The highest BCUT2D eigenvalue weighted by Crippen LogP contribution is 2.40. The Morgan fingerprint density at radius 2 is 1.76 bits per heavy atom. The van der Waals surface area contributed by atoms with Crippen molar-refractivity contribution in [3.8, 4) is 22.6 Å². The standard InChI is InChI=1S/C27H27FN2O3/c1-5-25(31)29-19-10-11-24(33-26-16(2)12-18(28)13-17(26)3)22(14-19)23-15-30(4)27(32)21-9-7-6-8-20(21)23/h5,10-15H,1,6-9H2,2-4H3,(H,29,31). The molecule has 1 N–H and O–H groups in total. The van der Waals surface area contributed by atoms with E-state index in [2.05, 4.69) is 11.9 Å². The molecule has 1 heterocycles. The summed E-state index contributed by atoms with van der Waals surface area (Å²) in [6.07, 6.45) is 6.58. The van der Waals surface area contributed by atoms with Gasteiger partial charge in [0.15, 0.2) is 0 Å². The summed E-state index contributed by atoms with van der Waals surface area (Å²) >= 11 is 0. The summed E-state index contributed by atoms with van der Waals surface area (Å²) in [6.45, 7) is 7.12. The number of hydrogen-bond donors (Lipinski definition) is 1. The zero-order chi connectivity index (χ0) is 23.7. The molecule has 33 heavy (non-hydrogen) atoms. The van der Waals surface area contributed by atoms with E-state index < -0.39 is 0 Å².